The minimum atomic E-state index is -0.676. The first-order valence-corrected chi connectivity index (χ1v) is 10.7. The molecular formula is C24H22ClN5O2. The van der Waals surface area contributed by atoms with Crippen LogP contribution < -0.4 is 5.32 Å². The van der Waals surface area contributed by atoms with Gasteiger partial charge in [0.05, 0.1) is 29.8 Å². The van der Waals surface area contributed by atoms with Crippen molar-refractivity contribution in [1.29, 1.82) is 5.26 Å². The summed E-state index contributed by atoms with van der Waals surface area (Å²) in [6.45, 7) is 4.55. The Kier molecular flexibility index (Phi) is 5.97. The Labute approximate surface area is 191 Å². The molecule has 2 unspecified atom stereocenters. The molecule has 2 amide bonds. The topological polar surface area (TPSA) is 102 Å². The Bertz CT molecular complexity index is 1200. The summed E-state index contributed by atoms with van der Waals surface area (Å²) in [6, 6.07) is 13.4. The first-order valence-electron chi connectivity index (χ1n) is 10.3. The summed E-state index contributed by atoms with van der Waals surface area (Å²) >= 11 is 6.12. The van der Waals surface area contributed by atoms with Crippen LogP contribution in [0.5, 0.6) is 0 Å². The standard InChI is InChI=1S/C24H22ClN5O2/c1-14(2)13-30-22(16-11-27-28-12-16)21(19-5-3-4-6-20(19)24(30)32)23(31)29-18-8-15(10-26)7-17(25)9-18/h3-9,11-12,14,21-22H,13H2,1-2H3,(H,27,28)(H,29,31). The van der Waals surface area contributed by atoms with Gasteiger partial charge in [0.2, 0.25) is 5.91 Å². The molecule has 0 bridgehead atoms. The molecule has 2 N–H and O–H groups in total. The van der Waals surface area contributed by atoms with Gasteiger partial charge in [-0.15, -0.1) is 0 Å². The summed E-state index contributed by atoms with van der Waals surface area (Å²) in [5, 5.41) is 19.4. The SMILES string of the molecule is CC(C)CN1C(=O)c2ccccc2C(C(=O)Nc2cc(Cl)cc(C#N)c2)C1c1cn[nH]c1. The van der Waals surface area contributed by atoms with Gasteiger partial charge in [0.1, 0.15) is 0 Å². The highest BCUT2D eigenvalue weighted by molar-refractivity contribution is 6.31. The molecule has 0 radical (unpaired) electrons. The third-order valence-corrected chi connectivity index (χ3v) is 5.66. The third-order valence-electron chi connectivity index (χ3n) is 5.44. The highest BCUT2D eigenvalue weighted by atomic mass is 35.5. The van der Waals surface area contributed by atoms with E-state index >= 15 is 0 Å². The molecule has 1 aromatic heterocycles. The van der Waals surface area contributed by atoms with Gasteiger partial charge in [0.25, 0.3) is 5.91 Å². The maximum Gasteiger partial charge on any atom is 0.254 e. The zero-order valence-corrected chi connectivity index (χ0v) is 18.4. The van der Waals surface area contributed by atoms with Crippen molar-refractivity contribution in [3.05, 3.63) is 82.1 Å². The second kappa shape index (κ2) is 8.85. The smallest absolute Gasteiger partial charge is 0.254 e. The largest absolute Gasteiger partial charge is 0.330 e. The predicted octanol–water partition coefficient (Wildman–Crippen LogP) is 4.51. The van der Waals surface area contributed by atoms with E-state index in [1.54, 1.807) is 41.6 Å². The zero-order valence-electron chi connectivity index (χ0n) is 17.7. The van der Waals surface area contributed by atoms with Crippen molar-refractivity contribution in [2.45, 2.75) is 25.8 Å². The molecular weight excluding hydrogens is 426 g/mol. The van der Waals surface area contributed by atoms with E-state index in [-0.39, 0.29) is 17.7 Å². The van der Waals surface area contributed by atoms with Crippen LogP contribution in [-0.4, -0.2) is 33.5 Å². The van der Waals surface area contributed by atoms with E-state index in [2.05, 4.69) is 15.5 Å². The first kappa shape index (κ1) is 21.6. The molecule has 8 heteroatoms. The van der Waals surface area contributed by atoms with Crippen molar-refractivity contribution >= 4 is 29.1 Å². The maximum absolute atomic E-state index is 13.7. The highest BCUT2D eigenvalue weighted by Gasteiger charge is 2.44. The summed E-state index contributed by atoms with van der Waals surface area (Å²) in [5.74, 6) is -0.881. The van der Waals surface area contributed by atoms with E-state index < -0.39 is 12.0 Å². The van der Waals surface area contributed by atoms with E-state index in [1.807, 2.05) is 32.0 Å². The van der Waals surface area contributed by atoms with Crippen LogP contribution in [0.1, 0.15) is 52.9 Å². The lowest BCUT2D eigenvalue weighted by Crippen LogP contribution is -2.47. The van der Waals surface area contributed by atoms with E-state index in [1.165, 1.54) is 6.07 Å². The lowest BCUT2D eigenvalue weighted by Gasteiger charge is -2.42. The Morgan fingerprint density at radius 1 is 1.31 bits per heavy atom. The molecule has 162 valence electrons. The van der Waals surface area contributed by atoms with Crippen molar-refractivity contribution in [3.63, 3.8) is 0 Å². The van der Waals surface area contributed by atoms with Gasteiger partial charge in [0, 0.05) is 34.6 Å². The van der Waals surface area contributed by atoms with Gasteiger partial charge < -0.3 is 10.2 Å². The molecule has 0 spiro atoms. The number of anilines is 1. The van der Waals surface area contributed by atoms with Crippen molar-refractivity contribution < 1.29 is 9.59 Å². The number of aromatic amines is 1. The van der Waals surface area contributed by atoms with E-state index in [0.717, 1.165) is 5.56 Å². The van der Waals surface area contributed by atoms with Crippen molar-refractivity contribution in [1.82, 2.24) is 15.1 Å². The van der Waals surface area contributed by atoms with Crippen LogP contribution in [0, 0.1) is 17.2 Å². The Morgan fingerprint density at radius 3 is 2.78 bits per heavy atom. The average molecular weight is 448 g/mol. The predicted molar refractivity (Wildman–Crippen MR) is 121 cm³/mol. The number of aromatic nitrogens is 2. The second-order valence-corrected chi connectivity index (χ2v) is 8.66. The van der Waals surface area contributed by atoms with Gasteiger partial charge in [-0.05, 0) is 35.7 Å². The van der Waals surface area contributed by atoms with Crippen molar-refractivity contribution in [3.8, 4) is 6.07 Å². The number of hydrogen-bond donors (Lipinski definition) is 2. The molecule has 1 aliphatic rings. The lowest BCUT2D eigenvalue weighted by atomic mass is 9.79. The summed E-state index contributed by atoms with van der Waals surface area (Å²) in [4.78, 5) is 28.9. The minimum absolute atomic E-state index is 0.112. The minimum Gasteiger partial charge on any atom is -0.330 e. The van der Waals surface area contributed by atoms with E-state index in [9.17, 15) is 14.9 Å². The average Bonchev–Trinajstić information content (AvgIpc) is 3.29. The fourth-order valence-corrected chi connectivity index (χ4v) is 4.44. The monoisotopic (exact) mass is 447 g/mol. The summed E-state index contributed by atoms with van der Waals surface area (Å²) in [7, 11) is 0. The number of fused-ring (bicyclic) bond motifs is 1. The number of hydrogen-bond acceptors (Lipinski definition) is 4. The van der Waals surface area contributed by atoms with Crippen LogP contribution in [0.3, 0.4) is 0 Å². The number of benzene rings is 2. The highest BCUT2D eigenvalue weighted by Crippen LogP contribution is 2.43. The quantitative estimate of drug-likeness (QED) is 0.600. The molecule has 4 rings (SSSR count). The molecule has 32 heavy (non-hydrogen) atoms. The number of amides is 2. The van der Waals surface area contributed by atoms with Gasteiger partial charge >= 0.3 is 0 Å². The molecule has 2 aromatic carbocycles. The molecule has 3 aromatic rings. The van der Waals surface area contributed by atoms with E-state index in [4.69, 9.17) is 11.6 Å². The normalized spacial score (nSPS) is 17.7. The van der Waals surface area contributed by atoms with Crippen molar-refractivity contribution in [2.24, 2.45) is 5.92 Å². The number of H-pyrrole nitrogens is 1. The van der Waals surface area contributed by atoms with Crippen LogP contribution in [-0.2, 0) is 4.79 Å². The summed E-state index contributed by atoms with van der Waals surface area (Å²) in [5.41, 5.74) is 2.69. The molecule has 7 nitrogen and oxygen atoms in total. The van der Waals surface area contributed by atoms with E-state index in [0.29, 0.717) is 33.9 Å². The maximum atomic E-state index is 13.7. The second-order valence-electron chi connectivity index (χ2n) is 8.22. The number of nitrogens with zero attached hydrogens (tertiary/aromatic N) is 3. The molecule has 0 aliphatic carbocycles. The number of carbonyl (C=O) groups is 2. The van der Waals surface area contributed by atoms with Crippen molar-refractivity contribution in [2.75, 3.05) is 11.9 Å². The van der Waals surface area contributed by atoms with Gasteiger partial charge in [-0.3, -0.25) is 14.7 Å². The lowest BCUT2D eigenvalue weighted by molar-refractivity contribution is -0.119. The Balaban J connectivity index is 1.82. The van der Waals surface area contributed by atoms with Gasteiger partial charge in [-0.25, -0.2) is 0 Å². The fourth-order valence-electron chi connectivity index (χ4n) is 4.21. The van der Waals surface area contributed by atoms with Crippen LogP contribution in [0.25, 0.3) is 0 Å². The molecule has 0 fully saturated rings. The third kappa shape index (κ3) is 4.10. The fraction of sp³-hybridized carbons (Fsp3) is 0.250. The Morgan fingerprint density at radius 2 is 2.09 bits per heavy atom. The number of carbonyl (C=O) groups excluding carboxylic acids is 2. The molecule has 2 heterocycles. The van der Waals surface area contributed by atoms with Gasteiger partial charge in [-0.1, -0.05) is 43.6 Å². The van der Waals surface area contributed by atoms with Crippen LogP contribution >= 0.6 is 11.6 Å². The number of nitriles is 1. The number of nitrogens with one attached hydrogen (secondary N) is 2. The van der Waals surface area contributed by atoms with Gasteiger partial charge in [0.15, 0.2) is 0 Å². The van der Waals surface area contributed by atoms with Gasteiger partial charge in [-0.2, -0.15) is 10.4 Å². The molecule has 0 saturated heterocycles. The molecule has 2 atom stereocenters. The first-order chi connectivity index (χ1) is 15.4. The molecule has 0 saturated carbocycles. The number of halogens is 1. The summed E-state index contributed by atoms with van der Waals surface area (Å²) in [6.07, 6.45) is 3.36. The Hall–Kier alpha value is -3.63. The van der Waals surface area contributed by atoms with Crippen LogP contribution in [0.4, 0.5) is 5.69 Å². The summed E-state index contributed by atoms with van der Waals surface area (Å²) < 4.78 is 0. The van der Waals surface area contributed by atoms with Crippen LogP contribution in [0.15, 0.2) is 54.9 Å². The molecule has 1 aliphatic heterocycles. The number of rotatable bonds is 5. The van der Waals surface area contributed by atoms with Crippen LogP contribution in [0.2, 0.25) is 5.02 Å². The zero-order chi connectivity index (χ0) is 22.8.